The smallest absolute Gasteiger partial charge is 0.222 e. The van der Waals surface area contributed by atoms with Gasteiger partial charge in [0.15, 0.2) is 17.2 Å². The Morgan fingerprint density at radius 3 is 2.96 bits per heavy atom. The van der Waals surface area contributed by atoms with Gasteiger partial charge in [0.2, 0.25) is 5.91 Å². The van der Waals surface area contributed by atoms with Crippen LogP contribution in [0.3, 0.4) is 0 Å². The van der Waals surface area contributed by atoms with Crippen LogP contribution in [0.1, 0.15) is 6.92 Å². The van der Waals surface area contributed by atoms with E-state index in [0.717, 1.165) is 5.56 Å². The van der Waals surface area contributed by atoms with Crippen LogP contribution in [0, 0.1) is 0 Å². The molecule has 0 fully saturated rings. The van der Waals surface area contributed by atoms with E-state index in [1.54, 1.807) is 24.6 Å². The van der Waals surface area contributed by atoms with Crippen molar-refractivity contribution in [1.29, 1.82) is 0 Å². The van der Waals surface area contributed by atoms with E-state index in [1.807, 2.05) is 12.1 Å². The van der Waals surface area contributed by atoms with Gasteiger partial charge in [-0.05, 0) is 24.3 Å². The summed E-state index contributed by atoms with van der Waals surface area (Å²) in [4.78, 5) is 24.2. The fourth-order valence-electron chi connectivity index (χ4n) is 2.46. The summed E-state index contributed by atoms with van der Waals surface area (Å²) in [6.07, 6.45) is 4.71. The van der Waals surface area contributed by atoms with Crippen LogP contribution >= 0.6 is 0 Å². The summed E-state index contributed by atoms with van der Waals surface area (Å²) in [5.74, 6) is 0.828. The van der Waals surface area contributed by atoms with Crippen molar-refractivity contribution >= 4 is 22.8 Å². The number of nitrogens with one attached hydrogen (secondary N) is 2. The third-order valence-electron chi connectivity index (χ3n) is 3.46. The fourth-order valence-corrected chi connectivity index (χ4v) is 2.46. The van der Waals surface area contributed by atoms with Crippen molar-refractivity contribution in [2.24, 2.45) is 0 Å². The summed E-state index contributed by atoms with van der Waals surface area (Å²) in [5.41, 5.74) is 2.63. The highest BCUT2D eigenvalue weighted by molar-refractivity contribution is 6.00. The van der Waals surface area contributed by atoms with Crippen LogP contribution in [-0.2, 0) is 4.79 Å². The third kappa shape index (κ3) is 2.39. The molecular weight excluding hydrogens is 308 g/mol. The zero-order valence-corrected chi connectivity index (χ0v) is 12.6. The van der Waals surface area contributed by atoms with Gasteiger partial charge in [0.25, 0.3) is 0 Å². The molecule has 0 bridgehead atoms. The van der Waals surface area contributed by atoms with Gasteiger partial charge in [-0.25, -0.2) is 15.0 Å². The number of amides is 1. The molecule has 0 radical (unpaired) electrons. The lowest BCUT2D eigenvalue weighted by Gasteiger charge is -2.07. The maximum absolute atomic E-state index is 11.3. The lowest BCUT2D eigenvalue weighted by Crippen LogP contribution is -2.06. The molecule has 8 heteroatoms. The van der Waals surface area contributed by atoms with Crippen molar-refractivity contribution in [3.05, 3.63) is 43.1 Å². The fraction of sp³-hybridized carbons (Fsp3) is 0.0625. The standard InChI is InChI=1S/C16H12N6O2/c1-9(23)19-15-11-7-10(12-4-5-17-8-18-12)14(13-3-2-6-24-13)20-16(11)22-21-15/h2-8H,1H3,(H2,19,20,21,22,23). The van der Waals surface area contributed by atoms with E-state index in [9.17, 15) is 4.79 Å². The quantitative estimate of drug-likeness (QED) is 0.600. The minimum absolute atomic E-state index is 0.206. The van der Waals surface area contributed by atoms with Gasteiger partial charge in [0.05, 0.1) is 17.3 Å². The maximum Gasteiger partial charge on any atom is 0.222 e. The summed E-state index contributed by atoms with van der Waals surface area (Å²) in [5, 5.41) is 10.3. The second-order valence-corrected chi connectivity index (χ2v) is 5.11. The number of pyridine rings is 1. The van der Waals surface area contributed by atoms with E-state index in [1.165, 1.54) is 13.3 Å². The van der Waals surface area contributed by atoms with Crippen molar-refractivity contribution in [1.82, 2.24) is 25.1 Å². The first-order valence-electron chi connectivity index (χ1n) is 7.19. The van der Waals surface area contributed by atoms with Gasteiger partial charge >= 0.3 is 0 Å². The molecule has 1 amide bonds. The molecule has 4 aromatic heterocycles. The Hall–Kier alpha value is -3.55. The first-order valence-corrected chi connectivity index (χ1v) is 7.19. The largest absolute Gasteiger partial charge is 0.463 e. The monoisotopic (exact) mass is 320 g/mol. The minimum atomic E-state index is -0.206. The van der Waals surface area contributed by atoms with Gasteiger partial charge < -0.3 is 9.73 Å². The Kier molecular flexibility index (Phi) is 3.27. The second-order valence-electron chi connectivity index (χ2n) is 5.11. The average Bonchev–Trinajstić information content (AvgIpc) is 3.24. The summed E-state index contributed by atoms with van der Waals surface area (Å²) in [6.45, 7) is 1.43. The van der Waals surface area contributed by atoms with Crippen LogP contribution in [0.4, 0.5) is 5.82 Å². The summed E-state index contributed by atoms with van der Waals surface area (Å²) < 4.78 is 5.49. The Morgan fingerprint density at radius 2 is 2.25 bits per heavy atom. The predicted molar refractivity (Wildman–Crippen MR) is 86.9 cm³/mol. The molecule has 0 aliphatic rings. The number of aromatic nitrogens is 5. The third-order valence-corrected chi connectivity index (χ3v) is 3.46. The number of hydrogen-bond acceptors (Lipinski definition) is 6. The Labute approximate surface area is 136 Å². The number of carbonyl (C=O) groups excluding carboxylic acids is 1. The molecule has 0 saturated carbocycles. The van der Waals surface area contributed by atoms with E-state index >= 15 is 0 Å². The molecule has 0 aliphatic carbocycles. The van der Waals surface area contributed by atoms with E-state index in [4.69, 9.17) is 4.42 Å². The number of furan rings is 1. The van der Waals surface area contributed by atoms with Crippen molar-refractivity contribution < 1.29 is 9.21 Å². The van der Waals surface area contributed by atoms with Gasteiger partial charge in [0, 0.05) is 18.7 Å². The van der Waals surface area contributed by atoms with Crippen LogP contribution in [0.15, 0.2) is 47.5 Å². The molecule has 0 atom stereocenters. The van der Waals surface area contributed by atoms with Crippen LogP contribution in [0.25, 0.3) is 33.7 Å². The van der Waals surface area contributed by atoms with Gasteiger partial charge in [0.1, 0.15) is 12.0 Å². The molecule has 118 valence electrons. The Bertz CT molecular complexity index is 1010. The van der Waals surface area contributed by atoms with Crippen LogP contribution in [-0.4, -0.2) is 31.1 Å². The molecule has 0 saturated heterocycles. The molecular formula is C16H12N6O2. The van der Waals surface area contributed by atoms with Gasteiger partial charge in [-0.3, -0.25) is 9.89 Å². The van der Waals surface area contributed by atoms with E-state index in [-0.39, 0.29) is 5.91 Å². The molecule has 4 rings (SSSR count). The van der Waals surface area contributed by atoms with Crippen LogP contribution < -0.4 is 5.32 Å². The summed E-state index contributed by atoms with van der Waals surface area (Å²) in [7, 11) is 0. The number of carbonyl (C=O) groups is 1. The number of hydrogen-bond donors (Lipinski definition) is 2. The lowest BCUT2D eigenvalue weighted by molar-refractivity contribution is -0.114. The zero-order valence-electron chi connectivity index (χ0n) is 12.6. The summed E-state index contributed by atoms with van der Waals surface area (Å²) in [6, 6.07) is 7.27. The molecule has 4 heterocycles. The normalized spacial score (nSPS) is 10.9. The number of nitrogens with zero attached hydrogens (tertiary/aromatic N) is 4. The highest BCUT2D eigenvalue weighted by Gasteiger charge is 2.17. The topological polar surface area (TPSA) is 110 Å². The van der Waals surface area contributed by atoms with Crippen molar-refractivity contribution in [3.8, 4) is 22.7 Å². The Morgan fingerprint density at radius 1 is 1.33 bits per heavy atom. The molecule has 0 aromatic carbocycles. The van der Waals surface area contributed by atoms with E-state index in [0.29, 0.717) is 34.0 Å². The predicted octanol–water partition coefficient (Wildman–Crippen LogP) is 2.63. The highest BCUT2D eigenvalue weighted by atomic mass is 16.3. The molecule has 24 heavy (non-hydrogen) atoms. The lowest BCUT2D eigenvalue weighted by atomic mass is 10.1. The number of anilines is 1. The minimum Gasteiger partial charge on any atom is -0.463 e. The van der Waals surface area contributed by atoms with E-state index in [2.05, 4.69) is 30.5 Å². The highest BCUT2D eigenvalue weighted by Crippen LogP contribution is 2.33. The molecule has 4 aromatic rings. The van der Waals surface area contributed by atoms with Gasteiger partial charge in [-0.1, -0.05) is 0 Å². The maximum atomic E-state index is 11.3. The molecule has 8 nitrogen and oxygen atoms in total. The van der Waals surface area contributed by atoms with Crippen molar-refractivity contribution in [3.63, 3.8) is 0 Å². The van der Waals surface area contributed by atoms with Crippen molar-refractivity contribution in [2.45, 2.75) is 6.92 Å². The second kappa shape index (κ2) is 5.58. The van der Waals surface area contributed by atoms with Gasteiger partial charge in [-0.2, -0.15) is 5.10 Å². The number of H-pyrrole nitrogens is 1. The van der Waals surface area contributed by atoms with Crippen molar-refractivity contribution in [2.75, 3.05) is 5.32 Å². The first-order chi connectivity index (χ1) is 11.7. The molecule has 0 unspecified atom stereocenters. The SMILES string of the molecule is CC(=O)Nc1n[nH]c2nc(-c3ccco3)c(-c3ccncn3)cc12. The van der Waals surface area contributed by atoms with E-state index < -0.39 is 0 Å². The summed E-state index contributed by atoms with van der Waals surface area (Å²) >= 11 is 0. The average molecular weight is 320 g/mol. The number of rotatable bonds is 3. The molecule has 2 N–H and O–H groups in total. The number of fused-ring (bicyclic) bond motifs is 1. The number of aromatic amines is 1. The molecule has 0 spiro atoms. The Balaban J connectivity index is 1.98. The first kappa shape index (κ1) is 14.1. The van der Waals surface area contributed by atoms with Crippen LogP contribution in [0.2, 0.25) is 0 Å². The van der Waals surface area contributed by atoms with Crippen LogP contribution in [0.5, 0.6) is 0 Å². The molecule has 0 aliphatic heterocycles. The zero-order chi connectivity index (χ0) is 16.5. The van der Waals surface area contributed by atoms with Gasteiger partial charge in [-0.15, -0.1) is 0 Å².